The predicted octanol–water partition coefficient (Wildman–Crippen LogP) is -0.309. The van der Waals surface area contributed by atoms with Crippen molar-refractivity contribution in [3.8, 4) is 0 Å². The molecule has 2 N–H and O–H groups in total. The smallest absolute Gasteiger partial charge is 0.236 e. The summed E-state index contributed by atoms with van der Waals surface area (Å²) >= 11 is 0. The molecule has 0 saturated carbocycles. The number of carbonyl (C=O) groups is 2. The fourth-order valence-electron chi connectivity index (χ4n) is 1.61. The summed E-state index contributed by atoms with van der Waals surface area (Å²) in [5, 5.41) is 0. The average molecular weight is 182 g/mol. The number of ketones is 1. The van der Waals surface area contributed by atoms with Gasteiger partial charge in [0.05, 0.1) is 12.6 Å². The summed E-state index contributed by atoms with van der Waals surface area (Å²) in [7, 11) is 0. The quantitative estimate of drug-likeness (QED) is 0.609. The van der Waals surface area contributed by atoms with Crippen LogP contribution in [0.25, 0.3) is 0 Å². The van der Waals surface area contributed by atoms with E-state index in [4.69, 9.17) is 5.73 Å². The molecule has 0 bridgehead atoms. The number of likely N-dealkylation sites (tertiary alicyclic amines) is 1. The summed E-state index contributed by atoms with van der Waals surface area (Å²) in [5.74, 6) is -0.239. The summed E-state index contributed by atoms with van der Waals surface area (Å²) in [6, 6.07) is -0.312. The first-order valence-corrected chi connectivity index (χ1v) is 4.36. The number of hydrogen-bond donors (Lipinski definition) is 1. The molecule has 1 atom stereocenters. The van der Waals surface area contributed by atoms with Crippen LogP contribution < -0.4 is 5.73 Å². The van der Waals surface area contributed by atoms with Crippen LogP contribution in [0.3, 0.4) is 0 Å². The molecule has 1 amide bonds. The highest BCUT2D eigenvalue weighted by Crippen LogP contribution is 2.17. The van der Waals surface area contributed by atoms with E-state index in [1.165, 1.54) is 6.08 Å². The molecule has 0 aromatic rings. The molecule has 4 nitrogen and oxygen atoms in total. The third-order valence-corrected chi connectivity index (χ3v) is 2.28. The van der Waals surface area contributed by atoms with Gasteiger partial charge in [-0.3, -0.25) is 9.59 Å². The van der Waals surface area contributed by atoms with Crippen LogP contribution in [0.1, 0.15) is 12.8 Å². The van der Waals surface area contributed by atoms with Crippen molar-refractivity contribution in [3.63, 3.8) is 0 Å². The molecule has 4 heteroatoms. The molecule has 0 aromatic heterocycles. The second kappa shape index (κ2) is 4.18. The third-order valence-electron chi connectivity index (χ3n) is 2.28. The van der Waals surface area contributed by atoms with Crippen molar-refractivity contribution in [2.24, 2.45) is 5.73 Å². The second-order valence-corrected chi connectivity index (χ2v) is 3.06. The third kappa shape index (κ3) is 1.95. The minimum atomic E-state index is -0.312. The van der Waals surface area contributed by atoms with Gasteiger partial charge in [0.25, 0.3) is 0 Å². The lowest BCUT2D eigenvalue weighted by Crippen LogP contribution is -2.42. The van der Waals surface area contributed by atoms with Crippen molar-refractivity contribution in [1.29, 1.82) is 0 Å². The van der Waals surface area contributed by atoms with Gasteiger partial charge in [0.15, 0.2) is 5.78 Å². The number of nitrogens with two attached hydrogens (primary N) is 1. The van der Waals surface area contributed by atoms with Crippen molar-refractivity contribution in [2.75, 3.05) is 13.1 Å². The highest BCUT2D eigenvalue weighted by Gasteiger charge is 2.31. The molecule has 13 heavy (non-hydrogen) atoms. The van der Waals surface area contributed by atoms with Crippen LogP contribution in [0.2, 0.25) is 0 Å². The highest BCUT2D eigenvalue weighted by molar-refractivity contribution is 5.97. The number of hydrogen-bond acceptors (Lipinski definition) is 3. The number of rotatable bonds is 3. The summed E-state index contributed by atoms with van der Waals surface area (Å²) in [6.45, 7) is 4.02. The molecule has 0 unspecified atom stereocenters. The Morgan fingerprint density at radius 1 is 1.62 bits per heavy atom. The van der Waals surface area contributed by atoms with Crippen LogP contribution in [0.5, 0.6) is 0 Å². The molecule has 0 aliphatic carbocycles. The van der Waals surface area contributed by atoms with Gasteiger partial charge in [-0.2, -0.15) is 0 Å². The zero-order chi connectivity index (χ0) is 9.84. The molecule has 0 radical (unpaired) electrons. The summed E-state index contributed by atoms with van der Waals surface area (Å²) in [6.07, 6.45) is 2.87. The molecule has 0 aromatic carbocycles. The van der Waals surface area contributed by atoms with Crippen molar-refractivity contribution in [3.05, 3.63) is 12.7 Å². The fourth-order valence-corrected chi connectivity index (χ4v) is 1.61. The SMILES string of the molecule is C=CC(=O)[C@@H]1CCCN1C(=O)CN. The van der Waals surface area contributed by atoms with Gasteiger partial charge >= 0.3 is 0 Å². The topological polar surface area (TPSA) is 63.4 Å². The van der Waals surface area contributed by atoms with Gasteiger partial charge in [0.2, 0.25) is 5.91 Å². The van der Waals surface area contributed by atoms with E-state index in [-0.39, 0.29) is 24.3 Å². The number of nitrogens with zero attached hydrogens (tertiary/aromatic N) is 1. The molecule has 72 valence electrons. The summed E-state index contributed by atoms with van der Waals surface area (Å²) in [4.78, 5) is 24.1. The molecule has 1 fully saturated rings. The molecule has 1 heterocycles. The predicted molar refractivity (Wildman–Crippen MR) is 49.0 cm³/mol. The standard InChI is InChI=1S/C9H14N2O2/c1-2-8(12)7-4-3-5-11(7)9(13)6-10/h2,7H,1,3-6,10H2/t7-/m0/s1. The Labute approximate surface area is 77.4 Å². The van der Waals surface area contributed by atoms with E-state index in [0.717, 1.165) is 12.8 Å². The van der Waals surface area contributed by atoms with Gasteiger partial charge in [-0.15, -0.1) is 0 Å². The van der Waals surface area contributed by atoms with E-state index >= 15 is 0 Å². The Bertz CT molecular complexity index is 238. The van der Waals surface area contributed by atoms with Gasteiger partial charge in [0, 0.05) is 6.54 Å². The summed E-state index contributed by atoms with van der Waals surface area (Å²) in [5.41, 5.74) is 5.23. The Morgan fingerprint density at radius 2 is 2.31 bits per heavy atom. The van der Waals surface area contributed by atoms with E-state index in [1.807, 2.05) is 0 Å². The molecule has 1 aliphatic heterocycles. The van der Waals surface area contributed by atoms with Gasteiger partial charge in [-0.25, -0.2) is 0 Å². The van der Waals surface area contributed by atoms with Gasteiger partial charge in [0.1, 0.15) is 0 Å². The van der Waals surface area contributed by atoms with Crippen LogP contribution in [0.15, 0.2) is 12.7 Å². The lowest BCUT2D eigenvalue weighted by molar-refractivity contribution is -0.134. The second-order valence-electron chi connectivity index (χ2n) is 3.06. The van der Waals surface area contributed by atoms with Crippen LogP contribution in [-0.2, 0) is 9.59 Å². The van der Waals surface area contributed by atoms with E-state index < -0.39 is 0 Å². The average Bonchev–Trinajstić information content (AvgIpc) is 2.63. The maximum Gasteiger partial charge on any atom is 0.236 e. The maximum absolute atomic E-state index is 11.3. The normalized spacial score (nSPS) is 21.6. The first-order chi connectivity index (χ1) is 6.20. The zero-order valence-corrected chi connectivity index (χ0v) is 7.53. The molecular formula is C9H14N2O2. The molecule has 0 spiro atoms. The highest BCUT2D eigenvalue weighted by atomic mass is 16.2. The van der Waals surface area contributed by atoms with Crippen molar-refractivity contribution in [1.82, 2.24) is 4.90 Å². The van der Waals surface area contributed by atoms with E-state index in [9.17, 15) is 9.59 Å². The number of carbonyl (C=O) groups excluding carboxylic acids is 2. The zero-order valence-electron chi connectivity index (χ0n) is 7.53. The Kier molecular flexibility index (Phi) is 3.19. The van der Waals surface area contributed by atoms with Gasteiger partial charge in [-0.05, 0) is 18.9 Å². The van der Waals surface area contributed by atoms with E-state index in [0.29, 0.717) is 6.54 Å². The molecule has 1 rings (SSSR count). The first kappa shape index (κ1) is 9.92. The minimum absolute atomic E-state index is 0.0269. The molecule has 1 saturated heterocycles. The Hall–Kier alpha value is -1.16. The summed E-state index contributed by atoms with van der Waals surface area (Å²) < 4.78 is 0. The Morgan fingerprint density at radius 3 is 2.85 bits per heavy atom. The van der Waals surface area contributed by atoms with E-state index in [1.54, 1.807) is 4.90 Å². The van der Waals surface area contributed by atoms with Crippen LogP contribution in [-0.4, -0.2) is 35.7 Å². The Balaban J connectivity index is 2.68. The lowest BCUT2D eigenvalue weighted by Gasteiger charge is -2.21. The molecular weight excluding hydrogens is 168 g/mol. The van der Waals surface area contributed by atoms with Crippen LogP contribution in [0.4, 0.5) is 0 Å². The maximum atomic E-state index is 11.3. The molecule has 1 aliphatic rings. The fraction of sp³-hybridized carbons (Fsp3) is 0.556. The van der Waals surface area contributed by atoms with Crippen LogP contribution >= 0.6 is 0 Å². The van der Waals surface area contributed by atoms with Crippen molar-refractivity contribution < 1.29 is 9.59 Å². The van der Waals surface area contributed by atoms with Crippen LogP contribution in [0, 0.1) is 0 Å². The minimum Gasteiger partial charge on any atom is -0.331 e. The van der Waals surface area contributed by atoms with E-state index in [2.05, 4.69) is 6.58 Å². The van der Waals surface area contributed by atoms with Gasteiger partial charge < -0.3 is 10.6 Å². The van der Waals surface area contributed by atoms with Crippen molar-refractivity contribution in [2.45, 2.75) is 18.9 Å². The first-order valence-electron chi connectivity index (χ1n) is 4.36. The van der Waals surface area contributed by atoms with Gasteiger partial charge in [-0.1, -0.05) is 6.58 Å². The lowest BCUT2D eigenvalue weighted by atomic mass is 10.1. The largest absolute Gasteiger partial charge is 0.331 e. The van der Waals surface area contributed by atoms with Crippen molar-refractivity contribution >= 4 is 11.7 Å². The number of amides is 1. The monoisotopic (exact) mass is 182 g/mol.